The number of benzene rings is 2. The van der Waals surface area contributed by atoms with E-state index < -0.39 is 29.3 Å². The van der Waals surface area contributed by atoms with Crippen LogP contribution in [0.25, 0.3) is 0 Å². The van der Waals surface area contributed by atoms with Crippen LogP contribution in [-0.4, -0.2) is 45.0 Å². The van der Waals surface area contributed by atoms with Crippen LogP contribution >= 0.6 is 0 Å². The summed E-state index contributed by atoms with van der Waals surface area (Å²) in [6.45, 7) is 10.0. The lowest BCUT2D eigenvalue weighted by Crippen LogP contribution is -2.54. The molecule has 4 N–H and O–H groups in total. The van der Waals surface area contributed by atoms with Crippen LogP contribution in [-0.2, 0) is 11.2 Å². The fourth-order valence-electron chi connectivity index (χ4n) is 6.15. The van der Waals surface area contributed by atoms with Crippen LogP contribution in [0.5, 0.6) is 5.75 Å². The largest absolute Gasteiger partial charge is 0.487 e. The summed E-state index contributed by atoms with van der Waals surface area (Å²) < 4.78 is 6.25. The highest BCUT2D eigenvalue weighted by atomic mass is 16.5. The van der Waals surface area contributed by atoms with Gasteiger partial charge in [0.15, 0.2) is 5.96 Å². The van der Waals surface area contributed by atoms with E-state index >= 15 is 0 Å². The molecule has 8 heteroatoms. The number of amides is 2. The van der Waals surface area contributed by atoms with Crippen molar-refractivity contribution in [3.05, 3.63) is 64.2 Å². The Morgan fingerprint density at radius 2 is 1.92 bits per heavy atom. The maximum Gasteiger partial charge on any atom is 0.251 e. The Balaban J connectivity index is 1.48. The fraction of sp³-hybridized carbons (Fsp3) is 0.500. The molecule has 0 bridgehead atoms. The molecule has 0 saturated carbocycles. The molecule has 38 heavy (non-hydrogen) atoms. The third-order valence-electron chi connectivity index (χ3n) is 8.41. The predicted molar refractivity (Wildman–Crippen MR) is 146 cm³/mol. The van der Waals surface area contributed by atoms with Gasteiger partial charge in [-0.25, -0.2) is 4.99 Å². The van der Waals surface area contributed by atoms with E-state index in [2.05, 4.69) is 5.32 Å². The smallest absolute Gasteiger partial charge is 0.251 e. The zero-order valence-corrected chi connectivity index (χ0v) is 22.9. The molecule has 3 aliphatic rings. The fourth-order valence-corrected chi connectivity index (χ4v) is 6.15. The summed E-state index contributed by atoms with van der Waals surface area (Å²) in [4.78, 5) is 33.3. The number of hydrogen-bond acceptors (Lipinski definition) is 6. The molecule has 3 atom stereocenters. The van der Waals surface area contributed by atoms with Gasteiger partial charge in [0.25, 0.3) is 5.91 Å². The standard InChI is InChI=1S/C30H38N4O4/c1-6-30(7-2)16-25(36)34(28(31)33-30)22-15-29(4,5)38-24-11-10-19(13-21(22)24)27(37)32-26-20-12-17(3)8-9-18(20)14-23(26)35/h8-13,22-23,26,35H,6-7,14-16H2,1-5H3,(H2,31,33)(H,32,37)/t22-,23-,26-/m1/s1. The van der Waals surface area contributed by atoms with Crippen molar-refractivity contribution < 1.29 is 19.4 Å². The number of aliphatic imine (C=N–C) groups is 1. The molecule has 2 aliphatic heterocycles. The first-order valence-electron chi connectivity index (χ1n) is 13.5. The first-order valence-corrected chi connectivity index (χ1v) is 13.5. The van der Waals surface area contributed by atoms with Gasteiger partial charge < -0.3 is 20.9 Å². The van der Waals surface area contributed by atoms with Crippen LogP contribution in [0.3, 0.4) is 0 Å². The van der Waals surface area contributed by atoms with Gasteiger partial charge in [0, 0.05) is 24.0 Å². The lowest BCUT2D eigenvalue weighted by molar-refractivity contribution is -0.132. The van der Waals surface area contributed by atoms with Gasteiger partial charge in [-0.05, 0) is 62.9 Å². The van der Waals surface area contributed by atoms with E-state index in [1.165, 1.54) is 0 Å². The van der Waals surface area contributed by atoms with Gasteiger partial charge in [0.1, 0.15) is 11.4 Å². The molecular formula is C30H38N4O4. The number of guanidine groups is 1. The van der Waals surface area contributed by atoms with E-state index in [4.69, 9.17) is 15.5 Å². The summed E-state index contributed by atoms with van der Waals surface area (Å²) in [5.41, 5.74) is 9.68. The lowest BCUT2D eigenvalue weighted by atomic mass is 9.84. The second kappa shape index (κ2) is 9.42. The van der Waals surface area contributed by atoms with Crippen molar-refractivity contribution in [1.29, 1.82) is 0 Å². The van der Waals surface area contributed by atoms with Crippen LogP contribution < -0.4 is 15.8 Å². The van der Waals surface area contributed by atoms with Gasteiger partial charge in [-0.1, -0.05) is 37.6 Å². The third kappa shape index (κ3) is 4.55. The number of carbonyl (C=O) groups excluding carboxylic acids is 2. The molecule has 0 spiro atoms. The van der Waals surface area contributed by atoms with Crippen molar-refractivity contribution in [1.82, 2.24) is 10.2 Å². The average Bonchev–Trinajstić information content (AvgIpc) is 3.16. The molecule has 0 radical (unpaired) electrons. The summed E-state index contributed by atoms with van der Waals surface area (Å²) in [6, 6.07) is 10.4. The van der Waals surface area contributed by atoms with Gasteiger partial charge in [0.05, 0.1) is 30.1 Å². The van der Waals surface area contributed by atoms with E-state index in [0.717, 1.165) is 35.1 Å². The summed E-state index contributed by atoms with van der Waals surface area (Å²) in [6.07, 6.45) is 2.09. The number of ether oxygens (including phenoxy) is 1. The number of nitrogens with two attached hydrogens (primary N) is 1. The minimum Gasteiger partial charge on any atom is -0.487 e. The number of hydrogen-bond donors (Lipinski definition) is 3. The molecule has 0 fully saturated rings. The van der Waals surface area contributed by atoms with E-state index in [-0.39, 0.29) is 17.8 Å². The Morgan fingerprint density at radius 1 is 1.18 bits per heavy atom. The summed E-state index contributed by atoms with van der Waals surface area (Å²) >= 11 is 0. The number of nitrogens with zero attached hydrogens (tertiary/aromatic N) is 2. The van der Waals surface area contributed by atoms with Crippen LogP contribution in [0.15, 0.2) is 41.4 Å². The number of aliphatic hydroxyl groups is 1. The zero-order chi connectivity index (χ0) is 27.4. The molecule has 8 nitrogen and oxygen atoms in total. The Morgan fingerprint density at radius 3 is 2.61 bits per heavy atom. The molecule has 1 aliphatic carbocycles. The van der Waals surface area contributed by atoms with E-state index in [1.807, 2.05) is 52.8 Å². The molecule has 5 rings (SSSR count). The number of rotatable bonds is 5. The second-order valence-corrected chi connectivity index (χ2v) is 11.6. The normalized spacial score (nSPS) is 25.2. The molecule has 0 aromatic heterocycles. The number of nitrogens with one attached hydrogen (secondary N) is 1. The van der Waals surface area contributed by atoms with Gasteiger partial charge in [-0.15, -0.1) is 0 Å². The number of fused-ring (bicyclic) bond motifs is 2. The number of aliphatic hydroxyl groups excluding tert-OH is 1. The van der Waals surface area contributed by atoms with E-state index in [9.17, 15) is 14.7 Å². The maximum atomic E-state index is 13.5. The molecule has 2 aromatic carbocycles. The van der Waals surface area contributed by atoms with Crippen molar-refractivity contribution in [2.45, 2.75) is 96.1 Å². The van der Waals surface area contributed by atoms with Crippen molar-refractivity contribution in [2.75, 3.05) is 0 Å². The first-order chi connectivity index (χ1) is 18.0. The number of carbonyl (C=O) groups is 2. The van der Waals surface area contributed by atoms with Gasteiger partial charge in [-0.2, -0.15) is 0 Å². The van der Waals surface area contributed by atoms with Crippen LogP contribution in [0.2, 0.25) is 0 Å². The quantitative estimate of drug-likeness (QED) is 0.551. The minimum absolute atomic E-state index is 0.0641. The van der Waals surface area contributed by atoms with Crippen molar-refractivity contribution in [2.24, 2.45) is 10.7 Å². The maximum absolute atomic E-state index is 13.5. The van der Waals surface area contributed by atoms with Crippen LogP contribution in [0.4, 0.5) is 0 Å². The molecule has 0 unspecified atom stereocenters. The van der Waals surface area contributed by atoms with Gasteiger partial charge in [0.2, 0.25) is 5.91 Å². The Kier molecular flexibility index (Phi) is 6.50. The van der Waals surface area contributed by atoms with Crippen LogP contribution in [0, 0.1) is 6.92 Å². The average molecular weight is 519 g/mol. The number of aryl methyl sites for hydroxylation is 1. The van der Waals surface area contributed by atoms with Crippen molar-refractivity contribution >= 4 is 17.8 Å². The monoisotopic (exact) mass is 518 g/mol. The molecule has 2 amide bonds. The summed E-state index contributed by atoms with van der Waals surface area (Å²) in [7, 11) is 0. The topological polar surface area (TPSA) is 117 Å². The molecular weight excluding hydrogens is 480 g/mol. The van der Waals surface area contributed by atoms with Gasteiger partial charge in [-0.3, -0.25) is 14.5 Å². The van der Waals surface area contributed by atoms with E-state index in [1.54, 1.807) is 23.1 Å². The molecule has 202 valence electrons. The highest BCUT2D eigenvalue weighted by Crippen LogP contribution is 2.45. The second-order valence-electron chi connectivity index (χ2n) is 11.6. The summed E-state index contributed by atoms with van der Waals surface area (Å²) in [5.74, 6) is 0.478. The molecule has 0 saturated heterocycles. The Labute approximate surface area is 224 Å². The van der Waals surface area contributed by atoms with Gasteiger partial charge >= 0.3 is 0 Å². The lowest BCUT2D eigenvalue weighted by Gasteiger charge is -2.45. The Hall–Kier alpha value is -3.39. The highest BCUT2D eigenvalue weighted by molar-refractivity contribution is 6.00. The molecule has 2 aromatic rings. The predicted octanol–water partition coefficient (Wildman–Crippen LogP) is 4.09. The van der Waals surface area contributed by atoms with Crippen molar-refractivity contribution in [3.63, 3.8) is 0 Å². The minimum atomic E-state index is -0.690. The zero-order valence-electron chi connectivity index (χ0n) is 22.9. The SMILES string of the molecule is CCC1(CC)CC(=O)N([C@@H]2CC(C)(C)Oc3ccc(C(=O)N[C@@H]4c5cc(C)ccc5C[C@H]4O)cc32)C(N)=N1. The third-order valence-corrected chi connectivity index (χ3v) is 8.41. The van der Waals surface area contributed by atoms with Crippen molar-refractivity contribution in [3.8, 4) is 5.75 Å². The molecule has 2 heterocycles. The first kappa shape index (κ1) is 26.2. The van der Waals surface area contributed by atoms with Crippen LogP contribution in [0.1, 0.15) is 98.1 Å². The summed E-state index contributed by atoms with van der Waals surface area (Å²) in [5, 5.41) is 13.7. The van der Waals surface area contributed by atoms with E-state index in [0.29, 0.717) is 30.6 Å². The highest BCUT2D eigenvalue weighted by Gasteiger charge is 2.45. The Bertz CT molecular complexity index is 1310.